The highest BCUT2D eigenvalue weighted by Crippen LogP contribution is 2.44. The predicted molar refractivity (Wildman–Crippen MR) is 87.5 cm³/mol. The Balaban J connectivity index is 1.80. The molecule has 2 nitrogen and oxygen atoms in total. The van der Waals surface area contributed by atoms with E-state index in [-0.39, 0.29) is 6.04 Å². The monoisotopic (exact) mass is 298 g/mol. The highest BCUT2D eigenvalue weighted by atomic mass is 19.1. The summed E-state index contributed by atoms with van der Waals surface area (Å²) in [7, 11) is 0. The van der Waals surface area contributed by atoms with Crippen LogP contribution in [0.2, 0.25) is 0 Å². The number of fused-ring (bicyclic) bond motifs is 5. The molecule has 0 amide bonds. The fourth-order valence-electron chi connectivity index (χ4n) is 4.55. The van der Waals surface area contributed by atoms with Crippen LogP contribution in [0.5, 0.6) is 0 Å². The predicted octanol–water partition coefficient (Wildman–Crippen LogP) is 4.37. The van der Waals surface area contributed by atoms with Gasteiger partial charge < -0.3 is 0 Å². The number of piperidine rings is 1. The van der Waals surface area contributed by atoms with Crippen molar-refractivity contribution in [1.29, 1.82) is 0 Å². The Labute approximate surface area is 131 Å². The molecule has 1 aromatic heterocycles. The number of aromatic nitrogens is 1. The summed E-state index contributed by atoms with van der Waals surface area (Å²) in [6.45, 7) is 4.32. The molecule has 3 heteroatoms. The average Bonchev–Trinajstić information content (AvgIpc) is 2.79. The summed E-state index contributed by atoms with van der Waals surface area (Å²) >= 11 is 0. The van der Waals surface area contributed by atoms with Gasteiger partial charge in [0.05, 0.1) is 11.6 Å². The van der Waals surface area contributed by atoms with Gasteiger partial charge in [-0.15, -0.1) is 0 Å². The number of hydrogen-bond acceptors (Lipinski definition) is 2. The summed E-state index contributed by atoms with van der Waals surface area (Å²) in [4.78, 5) is 6.83. The molecule has 0 radical (unpaired) electrons. The van der Waals surface area contributed by atoms with Crippen LogP contribution in [0.1, 0.15) is 37.8 Å². The zero-order valence-electron chi connectivity index (χ0n) is 13.1. The second-order valence-corrected chi connectivity index (χ2v) is 6.83. The van der Waals surface area contributed by atoms with Gasteiger partial charge in [0.15, 0.2) is 0 Å². The number of hydrogen-bond donors (Lipinski definition) is 0. The van der Waals surface area contributed by atoms with Crippen molar-refractivity contribution in [2.24, 2.45) is 11.8 Å². The van der Waals surface area contributed by atoms with Gasteiger partial charge in [0, 0.05) is 18.1 Å². The lowest BCUT2D eigenvalue weighted by Gasteiger charge is -2.37. The van der Waals surface area contributed by atoms with Crippen molar-refractivity contribution in [2.75, 3.05) is 13.1 Å². The Bertz CT molecular complexity index is 666. The third kappa shape index (κ3) is 2.23. The zero-order chi connectivity index (χ0) is 15.1. The molecule has 5 atom stereocenters. The Morgan fingerprint density at radius 1 is 1.27 bits per heavy atom. The van der Waals surface area contributed by atoms with E-state index in [2.05, 4.69) is 22.9 Å². The first-order valence-corrected chi connectivity index (χ1v) is 8.49. The van der Waals surface area contributed by atoms with E-state index in [1.807, 2.05) is 30.5 Å². The van der Waals surface area contributed by atoms with Crippen molar-refractivity contribution in [2.45, 2.75) is 38.4 Å². The quantitative estimate of drug-likeness (QED) is 0.818. The second kappa shape index (κ2) is 5.62. The van der Waals surface area contributed by atoms with Gasteiger partial charge in [-0.25, -0.2) is 4.39 Å². The lowest BCUT2D eigenvalue weighted by Crippen LogP contribution is -2.39. The normalized spacial score (nSPS) is 34.7. The van der Waals surface area contributed by atoms with Gasteiger partial charge in [0.25, 0.3) is 0 Å². The van der Waals surface area contributed by atoms with Crippen LogP contribution in [0.3, 0.4) is 0 Å². The molecule has 3 fully saturated rings. The smallest absolute Gasteiger partial charge is 0.120 e. The minimum absolute atomic E-state index is 0.102. The van der Waals surface area contributed by atoms with Gasteiger partial charge in [-0.2, -0.15) is 0 Å². The van der Waals surface area contributed by atoms with Crippen molar-refractivity contribution in [1.82, 2.24) is 9.88 Å². The summed E-state index contributed by atoms with van der Waals surface area (Å²) in [5, 5.41) is 1.11. The summed E-state index contributed by atoms with van der Waals surface area (Å²) in [6.07, 6.45) is 4.10. The lowest BCUT2D eigenvalue weighted by molar-refractivity contribution is 0.0997. The molecule has 3 aliphatic rings. The molecule has 3 saturated heterocycles. The van der Waals surface area contributed by atoms with Crippen LogP contribution in [0.25, 0.3) is 10.9 Å². The largest absolute Gasteiger partial charge is 0.293 e. The van der Waals surface area contributed by atoms with Crippen LogP contribution in [-0.2, 0) is 0 Å². The molecule has 2 bridgehead atoms. The van der Waals surface area contributed by atoms with Gasteiger partial charge in [-0.05, 0) is 48.9 Å². The van der Waals surface area contributed by atoms with E-state index in [4.69, 9.17) is 0 Å². The van der Waals surface area contributed by atoms with Crippen molar-refractivity contribution in [3.8, 4) is 0 Å². The molecule has 0 N–H and O–H groups in total. The molecule has 3 aliphatic heterocycles. The highest BCUT2D eigenvalue weighted by molar-refractivity contribution is 5.82. The molecule has 1 aromatic carbocycles. The van der Waals surface area contributed by atoms with Crippen LogP contribution >= 0.6 is 0 Å². The fraction of sp³-hybridized carbons (Fsp3) is 0.526. The van der Waals surface area contributed by atoms with Crippen molar-refractivity contribution >= 4 is 10.9 Å². The molecule has 2 aromatic rings. The van der Waals surface area contributed by atoms with E-state index in [9.17, 15) is 0 Å². The number of nitrogens with zero attached hydrogens (tertiary/aromatic N) is 2. The van der Waals surface area contributed by atoms with Gasteiger partial charge >= 0.3 is 0 Å². The Morgan fingerprint density at radius 2 is 2.14 bits per heavy atom. The number of benzene rings is 1. The van der Waals surface area contributed by atoms with E-state index in [1.165, 1.54) is 0 Å². The number of halogens is 1. The summed E-state index contributed by atoms with van der Waals surface area (Å²) in [5.41, 5.74) is 2.09. The third-order valence-electron chi connectivity index (χ3n) is 5.71. The Kier molecular flexibility index (Phi) is 3.61. The van der Waals surface area contributed by atoms with Crippen LogP contribution in [0.4, 0.5) is 4.39 Å². The maximum atomic E-state index is 15.1. The standard InChI is InChI=1S/C19H23FN2/c1-2-13-12-22-10-8-14(13)11-17(20)19(22)16-7-9-21-18-6-4-3-5-15(16)18/h3-7,9,13-14,17,19H,2,8,10-12H2,1H3/t13-,14-,17-,19+/m0/s1. The molecular formula is C19H23FN2. The van der Waals surface area contributed by atoms with E-state index < -0.39 is 6.17 Å². The maximum Gasteiger partial charge on any atom is 0.120 e. The van der Waals surface area contributed by atoms with Gasteiger partial charge in [-0.1, -0.05) is 31.5 Å². The third-order valence-corrected chi connectivity index (χ3v) is 5.71. The summed E-state index contributed by atoms with van der Waals surface area (Å²) in [6, 6.07) is 10.1. The molecule has 22 heavy (non-hydrogen) atoms. The number of pyridine rings is 1. The van der Waals surface area contributed by atoms with Crippen molar-refractivity contribution in [3.63, 3.8) is 0 Å². The van der Waals surface area contributed by atoms with Crippen LogP contribution in [-0.4, -0.2) is 29.1 Å². The van der Waals surface area contributed by atoms with Crippen LogP contribution < -0.4 is 0 Å². The topological polar surface area (TPSA) is 16.1 Å². The van der Waals surface area contributed by atoms with E-state index in [0.29, 0.717) is 11.8 Å². The van der Waals surface area contributed by atoms with Gasteiger partial charge in [0.2, 0.25) is 0 Å². The first-order chi connectivity index (χ1) is 10.8. The molecule has 0 spiro atoms. The van der Waals surface area contributed by atoms with E-state index in [1.54, 1.807) is 0 Å². The Morgan fingerprint density at radius 3 is 3.00 bits per heavy atom. The first-order valence-electron chi connectivity index (χ1n) is 8.49. The molecular weight excluding hydrogens is 275 g/mol. The molecule has 1 unspecified atom stereocenters. The Hall–Kier alpha value is -1.48. The van der Waals surface area contributed by atoms with Crippen LogP contribution in [0.15, 0.2) is 36.5 Å². The second-order valence-electron chi connectivity index (χ2n) is 6.83. The maximum absolute atomic E-state index is 15.1. The van der Waals surface area contributed by atoms with Crippen LogP contribution in [0, 0.1) is 11.8 Å². The van der Waals surface area contributed by atoms with Crippen molar-refractivity contribution in [3.05, 3.63) is 42.1 Å². The summed E-state index contributed by atoms with van der Waals surface area (Å²) in [5.74, 6) is 1.22. The van der Waals surface area contributed by atoms with E-state index >= 15 is 4.39 Å². The molecule has 0 saturated carbocycles. The summed E-state index contributed by atoms with van der Waals surface area (Å²) < 4.78 is 15.1. The number of para-hydroxylation sites is 1. The number of alkyl halides is 1. The van der Waals surface area contributed by atoms with Gasteiger partial charge in [0.1, 0.15) is 6.17 Å². The SMILES string of the molecule is CC[C@H]1CN2CC[C@H]1C[C@H](F)[C@H]2c1ccnc2ccccc12. The minimum Gasteiger partial charge on any atom is -0.293 e. The average molecular weight is 298 g/mol. The lowest BCUT2D eigenvalue weighted by atomic mass is 9.83. The van der Waals surface area contributed by atoms with Crippen molar-refractivity contribution < 1.29 is 4.39 Å². The first kappa shape index (κ1) is 14.1. The fourth-order valence-corrected chi connectivity index (χ4v) is 4.55. The number of rotatable bonds is 2. The highest BCUT2D eigenvalue weighted by Gasteiger charge is 2.42. The molecule has 116 valence electrons. The molecule has 5 rings (SSSR count). The zero-order valence-corrected chi connectivity index (χ0v) is 13.1. The van der Waals surface area contributed by atoms with E-state index in [0.717, 1.165) is 48.8 Å². The van der Waals surface area contributed by atoms with Gasteiger partial charge in [-0.3, -0.25) is 9.88 Å². The molecule has 0 aliphatic carbocycles. The minimum atomic E-state index is -0.769. The molecule has 4 heterocycles.